The lowest BCUT2D eigenvalue weighted by atomic mass is 9.40. The SMILES string of the molecule is Cl.Cl.NNC12CC(C(F)F)(C1)C2. The molecule has 3 aliphatic carbocycles. The zero-order valence-corrected chi connectivity index (χ0v) is 7.98. The third-order valence-electron chi connectivity index (χ3n) is 2.84. The lowest BCUT2D eigenvalue weighted by molar-refractivity contribution is -0.228. The van der Waals surface area contributed by atoms with E-state index in [4.69, 9.17) is 5.84 Å². The van der Waals surface area contributed by atoms with E-state index in [0.29, 0.717) is 19.3 Å². The van der Waals surface area contributed by atoms with Crippen molar-refractivity contribution in [2.24, 2.45) is 11.3 Å². The number of hydrogen-bond donors (Lipinski definition) is 2. The van der Waals surface area contributed by atoms with E-state index in [-0.39, 0.29) is 30.4 Å². The van der Waals surface area contributed by atoms with E-state index in [1.54, 1.807) is 0 Å². The molecule has 0 heterocycles. The minimum absolute atomic E-state index is 0. The summed E-state index contributed by atoms with van der Waals surface area (Å²) in [7, 11) is 0. The van der Waals surface area contributed by atoms with E-state index in [0.717, 1.165) is 0 Å². The first-order valence-electron chi connectivity index (χ1n) is 3.39. The summed E-state index contributed by atoms with van der Waals surface area (Å²) in [6, 6.07) is 0. The molecule has 0 amide bonds. The summed E-state index contributed by atoms with van der Waals surface area (Å²) in [6.07, 6.45) is -0.459. The van der Waals surface area contributed by atoms with Crippen molar-refractivity contribution in [3.05, 3.63) is 0 Å². The molecule has 0 atom stereocenters. The van der Waals surface area contributed by atoms with Gasteiger partial charge in [0.05, 0.1) is 0 Å². The molecule has 3 aliphatic rings. The van der Waals surface area contributed by atoms with Gasteiger partial charge in [-0.3, -0.25) is 11.3 Å². The molecule has 2 bridgehead atoms. The summed E-state index contributed by atoms with van der Waals surface area (Å²) >= 11 is 0. The van der Waals surface area contributed by atoms with Crippen molar-refractivity contribution in [2.75, 3.05) is 0 Å². The van der Waals surface area contributed by atoms with Gasteiger partial charge < -0.3 is 0 Å². The number of rotatable bonds is 2. The molecule has 0 radical (unpaired) electrons. The van der Waals surface area contributed by atoms with Gasteiger partial charge in [0.25, 0.3) is 0 Å². The van der Waals surface area contributed by atoms with Crippen LogP contribution in [0.5, 0.6) is 0 Å². The second-order valence-electron chi connectivity index (χ2n) is 3.62. The van der Waals surface area contributed by atoms with Crippen LogP contribution in [0, 0.1) is 5.41 Å². The first-order chi connectivity index (χ1) is 4.63. The lowest BCUT2D eigenvalue weighted by Gasteiger charge is -2.69. The number of halogens is 4. The molecule has 0 aromatic carbocycles. The van der Waals surface area contributed by atoms with Crippen molar-refractivity contribution < 1.29 is 8.78 Å². The highest BCUT2D eigenvalue weighted by Crippen LogP contribution is 2.69. The number of hydrogen-bond acceptors (Lipinski definition) is 2. The first-order valence-corrected chi connectivity index (χ1v) is 3.39. The third-order valence-corrected chi connectivity index (χ3v) is 2.84. The molecular weight excluding hydrogens is 209 g/mol. The molecule has 0 saturated heterocycles. The van der Waals surface area contributed by atoms with Crippen LogP contribution in [0.3, 0.4) is 0 Å². The molecular formula is C6H12Cl2F2N2. The topological polar surface area (TPSA) is 38.0 Å². The average molecular weight is 221 g/mol. The van der Waals surface area contributed by atoms with Gasteiger partial charge in [0.1, 0.15) is 0 Å². The van der Waals surface area contributed by atoms with Crippen LogP contribution in [0.2, 0.25) is 0 Å². The van der Waals surface area contributed by atoms with E-state index >= 15 is 0 Å². The Bertz CT molecular complexity index is 157. The Balaban J connectivity index is 0.000000605. The normalized spacial score (nSPS) is 42.0. The fourth-order valence-corrected chi connectivity index (χ4v) is 2.25. The van der Waals surface area contributed by atoms with Gasteiger partial charge in [-0.1, -0.05) is 0 Å². The smallest absolute Gasteiger partial charge is 0.244 e. The Kier molecular flexibility index (Phi) is 3.35. The van der Waals surface area contributed by atoms with Crippen LogP contribution in [0.25, 0.3) is 0 Å². The number of nitrogens with two attached hydrogens (primary N) is 1. The molecule has 0 aliphatic heterocycles. The minimum atomic E-state index is -2.15. The lowest BCUT2D eigenvalue weighted by Crippen LogP contribution is -2.77. The van der Waals surface area contributed by atoms with Crippen molar-refractivity contribution in [3.8, 4) is 0 Å². The number of hydrazine groups is 1. The van der Waals surface area contributed by atoms with Crippen LogP contribution in [-0.2, 0) is 0 Å². The van der Waals surface area contributed by atoms with Gasteiger partial charge in [0.2, 0.25) is 6.43 Å². The predicted octanol–water partition coefficient (Wildman–Crippen LogP) is 1.48. The average Bonchev–Trinajstić information content (AvgIpc) is 1.57. The predicted molar refractivity (Wildman–Crippen MR) is 46.8 cm³/mol. The first kappa shape index (κ1) is 12.4. The van der Waals surface area contributed by atoms with Gasteiger partial charge in [-0.05, 0) is 19.3 Å². The van der Waals surface area contributed by atoms with E-state index in [1.807, 2.05) is 0 Å². The highest BCUT2D eigenvalue weighted by atomic mass is 35.5. The summed E-state index contributed by atoms with van der Waals surface area (Å²) < 4.78 is 24.3. The standard InChI is InChI=1S/C6H10F2N2.2ClH/c7-4(8)5-1-6(2-5,3-5)10-9;;/h4,10H,1-3,9H2;2*1H. The second kappa shape index (κ2) is 3.25. The summed E-state index contributed by atoms with van der Waals surface area (Å²) in [5, 5.41) is 0. The molecule has 2 nitrogen and oxygen atoms in total. The minimum Gasteiger partial charge on any atom is -0.271 e. The van der Waals surface area contributed by atoms with E-state index < -0.39 is 11.8 Å². The summed E-state index contributed by atoms with van der Waals surface area (Å²) in [4.78, 5) is 0. The van der Waals surface area contributed by atoms with Crippen molar-refractivity contribution in [1.82, 2.24) is 5.43 Å². The molecule has 3 rings (SSSR count). The van der Waals surface area contributed by atoms with Crippen LogP contribution >= 0.6 is 24.8 Å². The van der Waals surface area contributed by atoms with Crippen LogP contribution < -0.4 is 11.3 Å². The second-order valence-corrected chi connectivity index (χ2v) is 3.62. The molecule has 3 N–H and O–H groups in total. The maximum Gasteiger partial charge on any atom is 0.244 e. The van der Waals surface area contributed by atoms with Gasteiger partial charge in [-0.15, -0.1) is 24.8 Å². The largest absolute Gasteiger partial charge is 0.271 e. The van der Waals surface area contributed by atoms with Gasteiger partial charge >= 0.3 is 0 Å². The van der Waals surface area contributed by atoms with Crippen LogP contribution in [0.15, 0.2) is 0 Å². The van der Waals surface area contributed by atoms with E-state index in [2.05, 4.69) is 5.43 Å². The summed E-state index contributed by atoms with van der Waals surface area (Å²) in [6.45, 7) is 0. The zero-order valence-electron chi connectivity index (χ0n) is 6.35. The van der Waals surface area contributed by atoms with Crippen molar-refractivity contribution >= 4 is 24.8 Å². The third kappa shape index (κ3) is 1.21. The maximum absolute atomic E-state index is 12.1. The molecule has 3 fully saturated rings. The van der Waals surface area contributed by atoms with Crippen LogP contribution in [0.1, 0.15) is 19.3 Å². The fourth-order valence-electron chi connectivity index (χ4n) is 2.25. The summed E-state index contributed by atoms with van der Waals surface area (Å²) in [5.74, 6) is 5.17. The van der Waals surface area contributed by atoms with Gasteiger partial charge in [-0.2, -0.15) is 0 Å². The molecule has 0 spiro atoms. The highest BCUT2D eigenvalue weighted by Gasteiger charge is 2.71. The van der Waals surface area contributed by atoms with Gasteiger partial charge in [0.15, 0.2) is 0 Å². The van der Waals surface area contributed by atoms with Crippen molar-refractivity contribution in [2.45, 2.75) is 31.2 Å². The molecule has 74 valence electrons. The molecule has 6 heteroatoms. The molecule has 0 aromatic rings. The Labute approximate surface area is 82.0 Å². The van der Waals surface area contributed by atoms with E-state index in [9.17, 15) is 8.78 Å². The molecule has 0 aromatic heterocycles. The number of alkyl halides is 2. The maximum atomic E-state index is 12.1. The Morgan fingerprint density at radius 3 is 1.83 bits per heavy atom. The molecule has 3 saturated carbocycles. The molecule has 12 heavy (non-hydrogen) atoms. The van der Waals surface area contributed by atoms with Crippen molar-refractivity contribution in [1.29, 1.82) is 0 Å². The van der Waals surface area contributed by atoms with Crippen LogP contribution in [0.4, 0.5) is 8.78 Å². The number of nitrogens with one attached hydrogen (secondary N) is 1. The van der Waals surface area contributed by atoms with Crippen molar-refractivity contribution in [3.63, 3.8) is 0 Å². The quantitative estimate of drug-likeness (QED) is 0.547. The van der Waals surface area contributed by atoms with E-state index in [1.165, 1.54) is 0 Å². The highest BCUT2D eigenvalue weighted by molar-refractivity contribution is 5.85. The summed E-state index contributed by atoms with van der Waals surface area (Å²) in [5.41, 5.74) is 1.84. The zero-order chi connectivity index (χ0) is 7.41. The Morgan fingerprint density at radius 1 is 1.17 bits per heavy atom. The molecule has 0 unspecified atom stereocenters. The monoisotopic (exact) mass is 220 g/mol. The Morgan fingerprint density at radius 2 is 1.58 bits per heavy atom. The fraction of sp³-hybridized carbons (Fsp3) is 1.00. The van der Waals surface area contributed by atoms with Gasteiger partial charge in [0, 0.05) is 11.0 Å². The Hall–Kier alpha value is 0.360. The van der Waals surface area contributed by atoms with Crippen LogP contribution in [-0.4, -0.2) is 12.0 Å². The van der Waals surface area contributed by atoms with Gasteiger partial charge in [-0.25, -0.2) is 8.78 Å².